The lowest BCUT2D eigenvalue weighted by molar-refractivity contribution is 0.862. The molecule has 0 atom stereocenters. The van der Waals surface area contributed by atoms with Crippen molar-refractivity contribution < 1.29 is 0 Å². The highest BCUT2D eigenvalue weighted by Gasteiger charge is 2.18. The van der Waals surface area contributed by atoms with Crippen LogP contribution in [-0.2, 0) is 0 Å². The van der Waals surface area contributed by atoms with E-state index in [0.717, 1.165) is 29.2 Å². The van der Waals surface area contributed by atoms with E-state index in [1.54, 1.807) is 0 Å². The maximum Gasteiger partial charge on any atom is 0.0531 e. The highest BCUT2D eigenvalue weighted by molar-refractivity contribution is 5.88. The van der Waals surface area contributed by atoms with Crippen LogP contribution in [0.4, 0.5) is 0 Å². The largest absolute Gasteiger partial charge is 0.317 e. The van der Waals surface area contributed by atoms with Crippen LogP contribution >= 0.6 is 0 Å². The second-order valence-corrected chi connectivity index (χ2v) is 12.9. The average Bonchev–Trinajstić information content (AvgIpc) is 3.75. The standard InChI is InChI=1S/C37H39N3.C5H10/c1-8-28-17-27(24(2)3)21-38(28)29-18-30(39-22-34(25(4)5)32-13-9-11-15-36(32)39)20-31(19-29)40-23-35(26(6)7)33-14-10-12-16-37(33)40;1-3-5-4-2/h8-26H,1H2,2-7H3;3,5H,4H2,1-2H3/b;5-3-. The number of aromatic nitrogens is 3. The summed E-state index contributed by atoms with van der Waals surface area (Å²) in [5, 5.41) is 2.63. The van der Waals surface area contributed by atoms with Crippen LogP contribution in [-0.4, -0.2) is 13.7 Å². The van der Waals surface area contributed by atoms with Gasteiger partial charge in [-0.1, -0.05) is 104 Å². The van der Waals surface area contributed by atoms with Crippen molar-refractivity contribution in [1.82, 2.24) is 13.7 Å². The Morgan fingerprint density at radius 2 is 1.09 bits per heavy atom. The maximum absolute atomic E-state index is 4.15. The van der Waals surface area contributed by atoms with E-state index in [0.29, 0.717) is 17.8 Å². The molecule has 0 saturated heterocycles. The Balaban J connectivity index is 0.000000743. The number of nitrogens with zero attached hydrogens (tertiary/aromatic N) is 3. The zero-order valence-corrected chi connectivity index (χ0v) is 28.4. The Morgan fingerprint density at radius 3 is 1.47 bits per heavy atom. The molecular weight excluding hydrogens is 546 g/mol. The molecule has 3 aromatic carbocycles. The highest BCUT2D eigenvalue weighted by Crippen LogP contribution is 2.35. The quantitative estimate of drug-likeness (QED) is 0.155. The molecule has 0 radical (unpaired) electrons. The minimum Gasteiger partial charge on any atom is -0.317 e. The molecule has 232 valence electrons. The lowest BCUT2D eigenvalue weighted by atomic mass is 10.0. The van der Waals surface area contributed by atoms with Gasteiger partial charge >= 0.3 is 0 Å². The predicted molar refractivity (Wildman–Crippen MR) is 197 cm³/mol. The summed E-state index contributed by atoms with van der Waals surface area (Å²) in [5.74, 6) is 1.30. The molecule has 0 aliphatic carbocycles. The van der Waals surface area contributed by atoms with Crippen LogP contribution in [0.15, 0.2) is 110 Å². The van der Waals surface area contributed by atoms with Gasteiger partial charge < -0.3 is 13.7 Å². The molecule has 3 nitrogen and oxygen atoms in total. The van der Waals surface area contributed by atoms with Crippen LogP contribution in [0.1, 0.15) is 102 Å². The number of rotatable bonds is 8. The van der Waals surface area contributed by atoms with E-state index in [-0.39, 0.29) is 0 Å². The molecule has 0 aliphatic rings. The van der Waals surface area contributed by atoms with Crippen molar-refractivity contribution in [2.24, 2.45) is 0 Å². The zero-order chi connectivity index (χ0) is 32.2. The average molecular weight is 596 g/mol. The van der Waals surface area contributed by atoms with Crippen molar-refractivity contribution >= 4 is 27.9 Å². The van der Waals surface area contributed by atoms with Crippen LogP contribution < -0.4 is 0 Å². The van der Waals surface area contributed by atoms with Crippen molar-refractivity contribution in [2.45, 2.75) is 79.6 Å². The van der Waals surface area contributed by atoms with E-state index in [9.17, 15) is 0 Å². The van der Waals surface area contributed by atoms with Gasteiger partial charge in [0.25, 0.3) is 0 Å². The number of allylic oxidation sites excluding steroid dienone is 2. The first-order valence-corrected chi connectivity index (χ1v) is 16.5. The normalized spacial score (nSPS) is 11.8. The second-order valence-electron chi connectivity index (χ2n) is 12.9. The lowest BCUT2D eigenvalue weighted by Crippen LogP contribution is -2.02. The number of hydrogen-bond donors (Lipinski definition) is 0. The van der Waals surface area contributed by atoms with Gasteiger partial charge in [-0.05, 0) is 90.3 Å². The molecule has 3 heteroatoms. The van der Waals surface area contributed by atoms with Crippen molar-refractivity contribution in [3.8, 4) is 17.1 Å². The van der Waals surface area contributed by atoms with E-state index in [2.05, 4.69) is 172 Å². The number of benzene rings is 3. The smallest absolute Gasteiger partial charge is 0.0531 e. The van der Waals surface area contributed by atoms with Gasteiger partial charge in [0.2, 0.25) is 0 Å². The number of hydrogen-bond acceptors (Lipinski definition) is 0. The summed E-state index contributed by atoms with van der Waals surface area (Å²) in [5.41, 5.74) is 11.0. The summed E-state index contributed by atoms with van der Waals surface area (Å²) in [6, 6.07) is 26.7. The molecule has 0 aliphatic heterocycles. The molecule has 6 rings (SSSR count). The van der Waals surface area contributed by atoms with E-state index in [1.165, 1.54) is 38.5 Å². The predicted octanol–water partition coefficient (Wildman–Crippen LogP) is 12.4. The lowest BCUT2D eigenvalue weighted by Gasteiger charge is -2.16. The summed E-state index contributed by atoms with van der Waals surface area (Å²) in [6.45, 7) is 21.9. The van der Waals surface area contributed by atoms with Gasteiger partial charge in [0.1, 0.15) is 0 Å². The molecule has 0 unspecified atom stereocenters. The SMILES string of the molecule is C/C=C\CC.C=Cc1cc(C(C)C)cn1-c1cc(-n2cc(C(C)C)c3ccccc32)cc(-n2cc(C(C)C)c3ccccc32)c1. The molecule has 0 amide bonds. The minimum absolute atomic E-state index is 0.432. The topological polar surface area (TPSA) is 14.8 Å². The Labute approximate surface area is 270 Å². The maximum atomic E-state index is 4.15. The van der Waals surface area contributed by atoms with Crippen LogP contribution in [0.5, 0.6) is 0 Å². The fraction of sp³-hybridized carbons (Fsp3) is 0.286. The summed E-state index contributed by atoms with van der Waals surface area (Å²) in [6.07, 6.45) is 14.2. The molecule has 0 spiro atoms. The van der Waals surface area contributed by atoms with Gasteiger partial charge in [-0.15, -0.1) is 0 Å². The molecule has 6 aromatic rings. The van der Waals surface area contributed by atoms with Gasteiger partial charge in [-0.3, -0.25) is 0 Å². The highest BCUT2D eigenvalue weighted by atomic mass is 15.0. The molecule has 3 aromatic heterocycles. The Kier molecular flexibility index (Phi) is 9.68. The van der Waals surface area contributed by atoms with Crippen molar-refractivity contribution in [1.29, 1.82) is 0 Å². The molecule has 45 heavy (non-hydrogen) atoms. The van der Waals surface area contributed by atoms with Crippen molar-refractivity contribution in [3.63, 3.8) is 0 Å². The molecule has 0 bridgehead atoms. The summed E-state index contributed by atoms with van der Waals surface area (Å²) < 4.78 is 7.03. The van der Waals surface area contributed by atoms with Crippen LogP contribution in [0.2, 0.25) is 0 Å². The first-order chi connectivity index (χ1) is 21.7. The Bertz CT molecular complexity index is 1850. The van der Waals surface area contributed by atoms with E-state index >= 15 is 0 Å². The van der Waals surface area contributed by atoms with Gasteiger partial charge in [-0.25, -0.2) is 0 Å². The monoisotopic (exact) mass is 595 g/mol. The molecular formula is C42H49N3. The van der Waals surface area contributed by atoms with Gasteiger partial charge in [-0.2, -0.15) is 0 Å². The third kappa shape index (κ3) is 6.35. The first kappa shape index (κ1) is 31.9. The minimum atomic E-state index is 0.432. The summed E-state index contributed by atoms with van der Waals surface area (Å²) in [4.78, 5) is 0. The van der Waals surface area contributed by atoms with Crippen molar-refractivity contribution in [3.05, 3.63) is 133 Å². The Morgan fingerprint density at radius 1 is 0.622 bits per heavy atom. The Hall–Kier alpha value is -4.50. The third-order valence-electron chi connectivity index (χ3n) is 8.67. The summed E-state index contributed by atoms with van der Waals surface area (Å²) in [7, 11) is 0. The van der Waals surface area contributed by atoms with E-state index in [4.69, 9.17) is 0 Å². The fourth-order valence-corrected chi connectivity index (χ4v) is 6.19. The van der Waals surface area contributed by atoms with Crippen LogP contribution in [0, 0.1) is 0 Å². The molecule has 3 heterocycles. The van der Waals surface area contributed by atoms with Gasteiger partial charge in [0.05, 0.1) is 11.0 Å². The van der Waals surface area contributed by atoms with Crippen LogP contribution in [0.25, 0.3) is 44.9 Å². The first-order valence-electron chi connectivity index (χ1n) is 16.5. The molecule has 0 fully saturated rings. The number of fused-ring (bicyclic) bond motifs is 2. The van der Waals surface area contributed by atoms with E-state index < -0.39 is 0 Å². The molecule has 0 saturated carbocycles. The summed E-state index contributed by atoms with van der Waals surface area (Å²) >= 11 is 0. The van der Waals surface area contributed by atoms with Crippen LogP contribution in [0.3, 0.4) is 0 Å². The molecule has 0 N–H and O–H groups in total. The second kappa shape index (κ2) is 13.6. The van der Waals surface area contributed by atoms with Crippen molar-refractivity contribution in [2.75, 3.05) is 0 Å². The fourth-order valence-electron chi connectivity index (χ4n) is 6.19. The van der Waals surface area contributed by atoms with E-state index in [1.807, 2.05) is 13.0 Å². The number of para-hydroxylation sites is 2. The van der Waals surface area contributed by atoms with Gasteiger partial charge in [0.15, 0.2) is 0 Å². The zero-order valence-electron chi connectivity index (χ0n) is 28.4. The third-order valence-corrected chi connectivity index (χ3v) is 8.67. The van der Waals surface area contributed by atoms with Gasteiger partial charge in [0, 0.05) is 52.1 Å².